The first-order valence-electron chi connectivity index (χ1n) is 26.6. The Bertz CT molecular complexity index is 1250. The number of esters is 3. The summed E-state index contributed by atoms with van der Waals surface area (Å²) >= 11 is 0. The van der Waals surface area contributed by atoms with E-state index >= 15 is 0 Å². The van der Waals surface area contributed by atoms with Crippen LogP contribution < -0.4 is 0 Å². The molecule has 0 aromatic rings. The average Bonchev–Trinajstić information content (AvgIpc) is 3.29. The van der Waals surface area contributed by atoms with Gasteiger partial charge in [0.15, 0.2) is 6.10 Å². The van der Waals surface area contributed by atoms with Crippen molar-refractivity contribution < 1.29 is 28.6 Å². The lowest BCUT2D eigenvalue weighted by Gasteiger charge is -2.18. The van der Waals surface area contributed by atoms with Gasteiger partial charge in [-0.2, -0.15) is 0 Å². The zero-order chi connectivity index (χ0) is 46.5. The Balaban J connectivity index is 4.45. The largest absolute Gasteiger partial charge is 0.462 e. The summed E-state index contributed by atoms with van der Waals surface area (Å²) in [6.07, 6.45) is 67.1. The van der Waals surface area contributed by atoms with Crippen LogP contribution in [0.5, 0.6) is 0 Å². The summed E-state index contributed by atoms with van der Waals surface area (Å²) in [5.41, 5.74) is 0. The van der Waals surface area contributed by atoms with Crippen molar-refractivity contribution in [2.45, 2.75) is 252 Å². The van der Waals surface area contributed by atoms with Gasteiger partial charge >= 0.3 is 17.9 Å². The molecule has 0 amide bonds. The number of unbranched alkanes of at least 4 members (excludes halogenated alkanes) is 25. The van der Waals surface area contributed by atoms with Gasteiger partial charge in [-0.1, -0.05) is 234 Å². The highest BCUT2D eigenvalue weighted by molar-refractivity contribution is 5.71. The maximum absolute atomic E-state index is 12.8. The maximum atomic E-state index is 12.8. The summed E-state index contributed by atoms with van der Waals surface area (Å²) in [6.45, 7) is 6.44. The van der Waals surface area contributed by atoms with E-state index < -0.39 is 6.10 Å². The SMILES string of the molecule is CC/C=C\C/C=C\C/C=C\CCCCC(=O)OCC(COC(=O)CCCCCCC\C=C/C=C\C=C/C=C\CCCCC)OC(=O)CCCCCCCCCCCCCCCCCC. The fourth-order valence-corrected chi connectivity index (χ4v) is 7.23. The predicted octanol–water partition coefficient (Wildman–Crippen LogP) is 17.6. The molecule has 0 aliphatic rings. The molecule has 366 valence electrons. The van der Waals surface area contributed by atoms with Crippen molar-refractivity contribution in [1.29, 1.82) is 0 Å². The Kier molecular flexibility index (Phi) is 49.4. The Hall–Kier alpha value is -3.41. The third-order valence-corrected chi connectivity index (χ3v) is 11.2. The molecule has 0 bridgehead atoms. The molecule has 0 fully saturated rings. The smallest absolute Gasteiger partial charge is 0.306 e. The van der Waals surface area contributed by atoms with Gasteiger partial charge in [-0.3, -0.25) is 14.4 Å². The minimum Gasteiger partial charge on any atom is -0.462 e. The molecule has 0 N–H and O–H groups in total. The van der Waals surface area contributed by atoms with Crippen LogP contribution in [0.15, 0.2) is 85.1 Å². The fraction of sp³-hybridized carbons (Fsp3) is 0.707. The number of carbonyl (C=O) groups is 3. The number of hydrogen-bond acceptors (Lipinski definition) is 6. The number of allylic oxidation sites excluding steroid dienone is 14. The Morgan fingerprint density at radius 1 is 0.344 bits per heavy atom. The van der Waals surface area contributed by atoms with Crippen molar-refractivity contribution in [3.05, 3.63) is 85.1 Å². The highest BCUT2D eigenvalue weighted by Crippen LogP contribution is 2.15. The first kappa shape index (κ1) is 60.6. The third-order valence-electron chi connectivity index (χ3n) is 11.2. The molecule has 0 saturated carbocycles. The fourth-order valence-electron chi connectivity index (χ4n) is 7.23. The lowest BCUT2D eigenvalue weighted by atomic mass is 10.0. The van der Waals surface area contributed by atoms with Crippen LogP contribution in [0.3, 0.4) is 0 Å². The Morgan fingerprint density at radius 3 is 1.16 bits per heavy atom. The molecule has 0 aliphatic carbocycles. The monoisotopic (exact) mass is 891 g/mol. The van der Waals surface area contributed by atoms with E-state index in [-0.39, 0.29) is 31.1 Å². The third kappa shape index (κ3) is 49.6. The average molecular weight is 891 g/mol. The Labute approximate surface area is 395 Å². The van der Waals surface area contributed by atoms with Gasteiger partial charge in [0.25, 0.3) is 0 Å². The van der Waals surface area contributed by atoms with E-state index in [0.29, 0.717) is 19.3 Å². The number of carbonyl (C=O) groups excluding carboxylic acids is 3. The second-order valence-corrected chi connectivity index (χ2v) is 17.5. The van der Waals surface area contributed by atoms with Crippen LogP contribution in [0.25, 0.3) is 0 Å². The van der Waals surface area contributed by atoms with Gasteiger partial charge in [0.2, 0.25) is 0 Å². The van der Waals surface area contributed by atoms with Crippen LogP contribution >= 0.6 is 0 Å². The minimum atomic E-state index is -0.800. The summed E-state index contributed by atoms with van der Waals surface area (Å²) in [5.74, 6) is -0.958. The lowest BCUT2D eigenvalue weighted by Crippen LogP contribution is -2.30. The van der Waals surface area contributed by atoms with Gasteiger partial charge in [-0.15, -0.1) is 0 Å². The molecule has 0 aliphatic heterocycles. The highest BCUT2D eigenvalue weighted by Gasteiger charge is 2.19. The number of rotatable bonds is 47. The van der Waals surface area contributed by atoms with E-state index in [2.05, 4.69) is 106 Å². The molecule has 0 rings (SSSR count). The molecular formula is C58H98O6. The summed E-state index contributed by atoms with van der Waals surface area (Å²) in [5, 5.41) is 0. The number of hydrogen-bond donors (Lipinski definition) is 0. The second kappa shape index (κ2) is 52.2. The first-order chi connectivity index (χ1) is 31.5. The van der Waals surface area contributed by atoms with Crippen molar-refractivity contribution >= 4 is 17.9 Å². The van der Waals surface area contributed by atoms with Crippen molar-refractivity contribution in [2.24, 2.45) is 0 Å². The van der Waals surface area contributed by atoms with Gasteiger partial charge in [0.1, 0.15) is 13.2 Å². The summed E-state index contributed by atoms with van der Waals surface area (Å²) < 4.78 is 16.8. The molecule has 1 unspecified atom stereocenters. The molecule has 6 heteroatoms. The van der Waals surface area contributed by atoms with E-state index in [1.807, 2.05) is 0 Å². The first-order valence-corrected chi connectivity index (χ1v) is 26.6. The van der Waals surface area contributed by atoms with Crippen LogP contribution in [-0.2, 0) is 28.6 Å². The van der Waals surface area contributed by atoms with Crippen LogP contribution in [0.4, 0.5) is 0 Å². The van der Waals surface area contributed by atoms with Gasteiger partial charge in [0, 0.05) is 19.3 Å². The highest BCUT2D eigenvalue weighted by atomic mass is 16.6. The van der Waals surface area contributed by atoms with E-state index in [4.69, 9.17) is 14.2 Å². The minimum absolute atomic E-state index is 0.0999. The number of ether oxygens (including phenoxy) is 3. The molecular weight excluding hydrogens is 793 g/mol. The van der Waals surface area contributed by atoms with Gasteiger partial charge in [0.05, 0.1) is 0 Å². The van der Waals surface area contributed by atoms with Crippen LogP contribution in [0.1, 0.15) is 245 Å². The molecule has 0 radical (unpaired) electrons. The maximum Gasteiger partial charge on any atom is 0.306 e. The lowest BCUT2D eigenvalue weighted by molar-refractivity contribution is -0.167. The summed E-state index contributed by atoms with van der Waals surface area (Å²) in [6, 6.07) is 0. The standard InChI is InChI=1S/C58H98O6/c1-4-7-10-13-16-19-22-25-27-29-30-32-33-36-39-42-45-48-51-57(60)63-54-55(53-62-56(59)50-47-44-41-38-35-24-21-18-15-12-9-6-3)64-58(61)52-49-46-43-40-37-34-31-28-26-23-20-17-14-11-8-5-2/h9,12,16,18-19,21-22,25,27,29-30,32,35,38,55H,4-8,10-11,13-15,17,20,23-24,26,28,31,33-34,36-37,39-54H2,1-3H3/b12-9-,19-16-,21-18-,25-22-,29-27-,32-30-,38-35-. The zero-order valence-corrected chi connectivity index (χ0v) is 41.8. The normalized spacial score (nSPS) is 12.7. The predicted molar refractivity (Wildman–Crippen MR) is 274 cm³/mol. The van der Waals surface area contributed by atoms with E-state index in [1.165, 1.54) is 103 Å². The molecule has 6 nitrogen and oxygen atoms in total. The Morgan fingerprint density at radius 2 is 0.672 bits per heavy atom. The van der Waals surface area contributed by atoms with Crippen molar-refractivity contribution in [2.75, 3.05) is 13.2 Å². The molecule has 0 saturated heterocycles. The van der Waals surface area contributed by atoms with E-state index in [1.54, 1.807) is 0 Å². The topological polar surface area (TPSA) is 78.9 Å². The molecule has 0 heterocycles. The van der Waals surface area contributed by atoms with Gasteiger partial charge in [-0.25, -0.2) is 0 Å². The molecule has 64 heavy (non-hydrogen) atoms. The quantitative estimate of drug-likeness (QED) is 0.0199. The van der Waals surface area contributed by atoms with E-state index in [9.17, 15) is 14.4 Å². The van der Waals surface area contributed by atoms with Crippen LogP contribution in [0.2, 0.25) is 0 Å². The van der Waals surface area contributed by atoms with Crippen LogP contribution in [-0.4, -0.2) is 37.2 Å². The summed E-state index contributed by atoms with van der Waals surface area (Å²) in [7, 11) is 0. The summed E-state index contributed by atoms with van der Waals surface area (Å²) in [4.78, 5) is 38.0. The molecule has 0 spiro atoms. The second-order valence-electron chi connectivity index (χ2n) is 17.5. The van der Waals surface area contributed by atoms with Gasteiger partial charge < -0.3 is 14.2 Å². The molecule has 0 aromatic heterocycles. The van der Waals surface area contributed by atoms with Crippen molar-refractivity contribution in [3.63, 3.8) is 0 Å². The van der Waals surface area contributed by atoms with E-state index in [0.717, 1.165) is 103 Å². The zero-order valence-electron chi connectivity index (χ0n) is 41.8. The van der Waals surface area contributed by atoms with Crippen molar-refractivity contribution in [1.82, 2.24) is 0 Å². The molecule has 0 aromatic carbocycles. The van der Waals surface area contributed by atoms with Crippen molar-refractivity contribution in [3.8, 4) is 0 Å². The van der Waals surface area contributed by atoms with Gasteiger partial charge in [-0.05, 0) is 77.0 Å². The van der Waals surface area contributed by atoms with Crippen LogP contribution in [0, 0.1) is 0 Å². The molecule has 1 atom stereocenters.